The minimum atomic E-state index is -0.700. The summed E-state index contributed by atoms with van der Waals surface area (Å²) >= 11 is 6.06. The molecule has 0 aromatic heterocycles. The molecule has 2 unspecified atom stereocenters. The Hall–Kier alpha value is -2.75. The highest BCUT2D eigenvalue weighted by Crippen LogP contribution is 2.48. The van der Waals surface area contributed by atoms with E-state index < -0.39 is 5.92 Å². The van der Waals surface area contributed by atoms with Crippen LogP contribution >= 0.6 is 11.6 Å². The molecule has 1 aliphatic rings. The molecule has 0 amide bonds. The number of nitriles is 2. The van der Waals surface area contributed by atoms with E-state index in [1.54, 1.807) is 0 Å². The van der Waals surface area contributed by atoms with Crippen molar-refractivity contribution in [3.05, 3.63) is 82.0 Å². The van der Waals surface area contributed by atoms with Crippen molar-refractivity contribution in [3.63, 3.8) is 0 Å². The molecule has 2 aromatic rings. The second kappa shape index (κ2) is 7.65. The Labute approximate surface area is 159 Å². The third-order valence-corrected chi connectivity index (χ3v) is 5.11. The lowest BCUT2D eigenvalue weighted by Crippen LogP contribution is -2.24. The van der Waals surface area contributed by atoms with Gasteiger partial charge in [-0.25, -0.2) is 0 Å². The Morgan fingerprint density at radius 1 is 1.04 bits per heavy atom. The highest BCUT2D eigenvalue weighted by Gasteiger charge is 2.36. The van der Waals surface area contributed by atoms with Crippen molar-refractivity contribution in [1.82, 2.24) is 4.90 Å². The molecule has 0 heterocycles. The first-order valence-electron chi connectivity index (χ1n) is 8.55. The maximum atomic E-state index is 9.54. The molecule has 0 saturated heterocycles. The fourth-order valence-electron chi connectivity index (χ4n) is 3.81. The highest BCUT2D eigenvalue weighted by atomic mass is 35.5. The molecule has 3 nitrogen and oxygen atoms in total. The van der Waals surface area contributed by atoms with Crippen molar-refractivity contribution < 1.29 is 0 Å². The van der Waals surface area contributed by atoms with Crippen LogP contribution in [0.5, 0.6) is 0 Å². The minimum Gasteiger partial charge on any atom is -0.384 e. The summed E-state index contributed by atoms with van der Waals surface area (Å²) in [5.74, 6) is -0.718. The van der Waals surface area contributed by atoms with E-state index in [0.717, 1.165) is 17.6 Å². The third kappa shape index (κ3) is 3.45. The molecule has 3 rings (SSSR count). The average Bonchev–Trinajstić information content (AvgIpc) is 2.64. The summed E-state index contributed by atoms with van der Waals surface area (Å²) in [5.41, 5.74) is 4.56. The molecular weight excluding hydrogens is 342 g/mol. The number of rotatable bonds is 3. The standard InChI is InChI=1S/C22H20ClN3/c1-26(2)14-16-11-21(15-7-9-18(23)10-8-15)19-5-3-4-6-20(19)22(16)17(12-24)13-25/h3-10,14,17,21-22H,11H2,1-2H3. The maximum absolute atomic E-state index is 9.54. The van der Waals surface area contributed by atoms with Crippen LogP contribution in [0.4, 0.5) is 0 Å². The van der Waals surface area contributed by atoms with E-state index in [-0.39, 0.29) is 11.8 Å². The zero-order valence-corrected chi connectivity index (χ0v) is 15.6. The van der Waals surface area contributed by atoms with E-state index in [4.69, 9.17) is 11.6 Å². The van der Waals surface area contributed by atoms with Gasteiger partial charge >= 0.3 is 0 Å². The third-order valence-electron chi connectivity index (χ3n) is 4.85. The van der Waals surface area contributed by atoms with Crippen LogP contribution in [-0.4, -0.2) is 19.0 Å². The van der Waals surface area contributed by atoms with E-state index in [9.17, 15) is 10.5 Å². The Balaban J connectivity index is 2.18. The number of nitrogens with zero attached hydrogens (tertiary/aromatic N) is 3. The number of fused-ring (bicyclic) bond motifs is 1. The van der Waals surface area contributed by atoms with Crippen LogP contribution in [0.1, 0.15) is 34.9 Å². The molecule has 0 spiro atoms. The minimum absolute atomic E-state index is 0.184. The van der Waals surface area contributed by atoms with Gasteiger partial charge in [-0.15, -0.1) is 0 Å². The molecule has 0 N–H and O–H groups in total. The van der Waals surface area contributed by atoms with Crippen molar-refractivity contribution in [2.24, 2.45) is 5.92 Å². The predicted molar refractivity (Wildman–Crippen MR) is 104 cm³/mol. The van der Waals surface area contributed by atoms with Gasteiger partial charge in [0.15, 0.2) is 0 Å². The lowest BCUT2D eigenvalue weighted by Gasteiger charge is -2.35. The van der Waals surface area contributed by atoms with Crippen molar-refractivity contribution in [3.8, 4) is 12.1 Å². The van der Waals surface area contributed by atoms with Gasteiger partial charge in [-0.2, -0.15) is 10.5 Å². The monoisotopic (exact) mass is 361 g/mol. The highest BCUT2D eigenvalue weighted by molar-refractivity contribution is 6.30. The smallest absolute Gasteiger partial charge is 0.143 e. The summed E-state index contributed by atoms with van der Waals surface area (Å²) in [6.45, 7) is 0. The predicted octanol–water partition coefficient (Wildman–Crippen LogP) is 5.07. The summed E-state index contributed by atoms with van der Waals surface area (Å²) in [6, 6.07) is 20.5. The molecule has 0 saturated carbocycles. The van der Waals surface area contributed by atoms with Gasteiger partial charge in [-0.3, -0.25) is 0 Å². The number of hydrogen-bond donors (Lipinski definition) is 0. The maximum Gasteiger partial charge on any atom is 0.143 e. The van der Waals surface area contributed by atoms with E-state index in [0.29, 0.717) is 5.02 Å². The van der Waals surface area contributed by atoms with Gasteiger partial charge in [-0.1, -0.05) is 48.0 Å². The van der Waals surface area contributed by atoms with Crippen molar-refractivity contribution in [2.45, 2.75) is 18.3 Å². The largest absolute Gasteiger partial charge is 0.384 e. The molecule has 130 valence electrons. The first kappa shape index (κ1) is 18.1. The zero-order valence-electron chi connectivity index (χ0n) is 14.9. The van der Waals surface area contributed by atoms with Crippen molar-refractivity contribution in [2.75, 3.05) is 14.1 Å². The molecule has 0 fully saturated rings. The van der Waals surface area contributed by atoms with Crippen molar-refractivity contribution >= 4 is 11.6 Å². The summed E-state index contributed by atoms with van der Waals surface area (Å²) in [6.07, 6.45) is 2.84. The Morgan fingerprint density at radius 3 is 2.23 bits per heavy atom. The van der Waals surface area contributed by atoms with Gasteiger partial charge in [-0.05, 0) is 47.0 Å². The summed E-state index contributed by atoms with van der Waals surface area (Å²) < 4.78 is 0. The lowest BCUT2D eigenvalue weighted by molar-refractivity contribution is 0.520. The molecular formula is C22H20ClN3. The molecule has 4 heteroatoms. The molecule has 0 bridgehead atoms. The normalized spacial score (nSPS) is 20.3. The number of hydrogen-bond acceptors (Lipinski definition) is 3. The van der Waals surface area contributed by atoms with Gasteiger partial charge in [0.05, 0.1) is 12.1 Å². The molecule has 2 atom stereocenters. The molecule has 26 heavy (non-hydrogen) atoms. The number of halogens is 1. The summed E-state index contributed by atoms with van der Waals surface area (Å²) in [5, 5.41) is 19.8. The number of benzene rings is 2. The Morgan fingerprint density at radius 2 is 1.65 bits per heavy atom. The quantitative estimate of drug-likeness (QED) is 0.767. The van der Waals surface area contributed by atoms with Crippen LogP contribution in [0.2, 0.25) is 5.02 Å². The van der Waals surface area contributed by atoms with Gasteiger partial charge in [0, 0.05) is 31.0 Å². The van der Waals surface area contributed by atoms with Crippen LogP contribution in [-0.2, 0) is 0 Å². The van der Waals surface area contributed by atoms with Crippen LogP contribution in [0.15, 0.2) is 60.3 Å². The van der Waals surface area contributed by atoms with Gasteiger partial charge in [0.2, 0.25) is 0 Å². The van der Waals surface area contributed by atoms with E-state index in [2.05, 4.69) is 36.5 Å². The lowest BCUT2D eigenvalue weighted by atomic mass is 9.68. The second-order valence-corrected chi connectivity index (χ2v) is 7.25. The van der Waals surface area contributed by atoms with Crippen LogP contribution in [0, 0.1) is 28.6 Å². The molecule has 1 aliphatic carbocycles. The topological polar surface area (TPSA) is 50.8 Å². The van der Waals surface area contributed by atoms with Crippen LogP contribution in [0.3, 0.4) is 0 Å². The van der Waals surface area contributed by atoms with Crippen LogP contribution < -0.4 is 0 Å². The summed E-state index contributed by atoms with van der Waals surface area (Å²) in [4.78, 5) is 1.99. The average molecular weight is 362 g/mol. The van der Waals surface area contributed by atoms with E-state index in [1.807, 2.05) is 49.3 Å². The van der Waals surface area contributed by atoms with Gasteiger partial charge in [0.25, 0.3) is 0 Å². The van der Waals surface area contributed by atoms with E-state index in [1.165, 1.54) is 11.1 Å². The summed E-state index contributed by atoms with van der Waals surface area (Å²) in [7, 11) is 3.94. The molecule has 2 aromatic carbocycles. The van der Waals surface area contributed by atoms with Crippen molar-refractivity contribution in [1.29, 1.82) is 10.5 Å². The Bertz CT molecular complexity index is 886. The SMILES string of the molecule is CN(C)C=C1CC(c2ccc(Cl)cc2)c2ccccc2C1C(C#N)C#N. The fraction of sp³-hybridized carbons (Fsp3) is 0.273. The first-order valence-corrected chi connectivity index (χ1v) is 8.93. The molecule has 0 radical (unpaired) electrons. The fourth-order valence-corrected chi connectivity index (χ4v) is 3.94. The van der Waals surface area contributed by atoms with Gasteiger partial charge in [0.1, 0.15) is 5.92 Å². The number of allylic oxidation sites excluding steroid dienone is 1. The van der Waals surface area contributed by atoms with Gasteiger partial charge < -0.3 is 4.90 Å². The second-order valence-electron chi connectivity index (χ2n) is 6.82. The molecule has 0 aliphatic heterocycles. The van der Waals surface area contributed by atoms with Crippen LogP contribution in [0.25, 0.3) is 0 Å². The Kier molecular flexibility index (Phi) is 5.31. The van der Waals surface area contributed by atoms with E-state index >= 15 is 0 Å². The zero-order chi connectivity index (χ0) is 18.7. The first-order chi connectivity index (χ1) is 12.5.